The zero-order valence-electron chi connectivity index (χ0n) is 14.5. The standard InChI is InChI=1S/C17H24O4.Li.Na/c1-2-3-4-5-6-10-13-17(15(18)19,16(20)21)14-11-8-7-9-12-14;;/h7-9,11-12H,2-6,10,13H2,1H3,(H,18,19)(H,20,21);;/q;2*+1/p-2. The van der Waals surface area contributed by atoms with Crippen molar-refractivity contribution in [3.8, 4) is 0 Å². The molecule has 0 saturated carbocycles. The molecule has 1 aromatic carbocycles. The number of carbonyl (C=O) groups is 2. The summed E-state index contributed by atoms with van der Waals surface area (Å²) >= 11 is 0. The molecule has 0 aliphatic carbocycles. The Bertz CT molecular complexity index is 451. The van der Waals surface area contributed by atoms with Crippen LogP contribution in [-0.2, 0) is 15.0 Å². The predicted octanol–water partition coefficient (Wildman–Crippen LogP) is -4.82. The summed E-state index contributed by atoms with van der Waals surface area (Å²) in [5.74, 6) is -3.19. The van der Waals surface area contributed by atoms with E-state index in [2.05, 4.69) is 6.92 Å². The van der Waals surface area contributed by atoms with E-state index in [1.165, 1.54) is 12.1 Å². The Morgan fingerprint density at radius 3 is 1.87 bits per heavy atom. The molecule has 4 nitrogen and oxygen atoms in total. The zero-order valence-corrected chi connectivity index (χ0v) is 16.5. The molecule has 6 heteroatoms. The van der Waals surface area contributed by atoms with Crippen molar-refractivity contribution in [1.82, 2.24) is 0 Å². The maximum atomic E-state index is 11.5. The van der Waals surface area contributed by atoms with Crippen LogP contribution in [0.1, 0.15) is 57.4 Å². The van der Waals surface area contributed by atoms with Crippen LogP contribution in [-0.4, -0.2) is 11.9 Å². The Labute approximate surface area is 172 Å². The quantitative estimate of drug-likeness (QED) is 0.246. The van der Waals surface area contributed by atoms with Crippen LogP contribution in [0.2, 0.25) is 0 Å². The largest absolute Gasteiger partial charge is 1.00 e. The summed E-state index contributed by atoms with van der Waals surface area (Å²) in [6.07, 6.45) is 5.70. The van der Waals surface area contributed by atoms with Crippen molar-refractivity contribution in [3.05, 3.63) is 35.9 Å². The Hall–Kier alpha value is -0.243. The van der Waals surface area contributed by atoms with Crippen molar-refractivity contribution >= 4 is 11.9 Å². The van der Waals surface area contributed by atoms with Crippen LogP contribution in [0.3, 0.4) is 0 Å². The van der Waals surface area contributed by atoms with Crippen LogP contribution >= 0.6 is 0 Å². The number of carboxylic acid groups (broad SMARTS) is 2. The third-order valence-corrected chi connectivity index (χ3v) is 3.87. The monoisotopic (exact) mass is 320 g/mol. The Kier molecular flexibility index (Phi) is 14.2. The summed E-state index contributed by atoms with van der Waals surface area (Å²) in [5.41, 5.74) is -1.83. The average Bonchev–Trinajstić information content (AvgIpc) is 2.47. The number of unbranched alkanes of at least 4 members (excludes halogenated alkanes) is 5. The van der Waals surface area contributed by atoms with Crippen molar-refractivity contribution < 1.29 is 68.2 Å². The van der Waals surface area contributed by atoms with E-state index in [0.29, 0.717) is 6.42 Å². The minimum atomic E-state index is -2.05. The molecule has 0 aromatic heterocycles. The molecule has 0 atom stereocenters. The van der Waals surface area contributed by atoms with Crippen LogP contribution < -0.4 is 58.6 Å². The van der Waals surface area contributed by atoms with Gasteiger partial charge in [0.05, 0.1) is 17.4 Å². The van der Waals surface area contributed by atoms with Gasteiger partial charge in [0.1, 0.15) is 0 Å². The first-order valence-electron chi connectivity index (χ1n) is 7.54. The van der Waals surface area contributed by atoms with E-state index in [1.807, 2.05) is 0 Å². The van der Waals surface area contributed by atoms with Crippen molar-refractivity contribution in [2.24, 2.45) is 0 Å². The van der Waals surface area contributed by atoms with E-state index in [9.17, 15) is 19.8 Å². The summed E-state index contributed by atoms with van der Waals surface area (Å²) in [6, 6.07) is 7.96. The fourth-order valence-electron chi connectivity index (χ4n) is 2.56. The van der Waals surface area contributed by atoms with E-state index < -0.39 is 17.4 Å². The van der Waals surface area contributed by atoms with Gasteiger partial charge in [-0.05, 0) is 12.0 Å². The van der Waals surface area contributed by atoms with Gasteiger partial charge in [-0.1, -0.05) is 75.8 Å². The van der Waals surface area contributed by atoms with Gasteiger partial charge in [0.2, 0.25) is 0 Å². The molecule has 0 unspecified atom stereocenters. The Morgan fingerprint density at radius 1 is 0.913 bits per heavy atom. The molecule has 0 aliphatic rings. The van der Waals surface area contributed by atoms with Gasteiger partial charge in [-0.15, -0.1) is 0 Å². The van der Waals surface area contributed by atoms with Crippen LogP contribution in [0.25, 0.3) is 0 Å². The van der Waals surface area contributed by atoms with Crippen molar-refractivity contribution in [1.29, 1.82) is 0 Å². The third-order valence-electron chi connectivity index (χ3n) is 3.87. The van der Waals surface area contributed by atoms with Gasteiger partial charge in [0.15, 0.2) is 0 Å². The number of carbonyl (C=O) groups excluding carboxylic acids is 2. The summed E-state index contributed by atoms with van der Waals surface area (Å²) in [4.78, 5) is 23.0. The van der Waals surface area contributed by atoms with Crippen molar-refractivity contribution in [2.45, 2.75) is 57.3 Å². The number of hydrogen-bond acceptors (Lipinski definition) is 4. The second-order valence-corrected chi connectivity index (χ2v) is 5.36. The number of carboxylic acids is 2. The van der Waals surface area contributed by atoms with Gasteiger partial charge in [-0.25, -0.2) is 0 Å². The zero-order chi connectivity index (χ0) is 15.7. The first kappa shape index (κ1) is 25.0. The molecule has 0 spiro atoms. The molecule has 0 saturated heterocycles. The van der Waals surface area contributed by atoms with Gasteiger partial charge in [0, 0.05) is 0 Å². The van der Waals surface area contributed by atoms with E-state index in [4.69, 9.17) is 0 Å². The van der Waals surface area contributed by atoms with E-state index >= 15 is 0 Å². The first-order chi connectivity index (χ1) is 10.1. The number of aliphatic carboxylic acids is 2. The summed E-state index contributed by atoms with van der Waals surface area (Å²) < 4.78 is 0. The summed E-state index contributed by atoms with van der Waals surface area (Å²) in [6.45, 7) is 2.12. The van der Waals surface area contributed by atoms with Gasteiger partial charge in [0.25, 0.3) is 0 Å². The second kappa shape index (κ2) is 13.1. The van der Waals surface area contributed by atoms with E-state index in [0.717, 1.165) is 32.1 Å². The molecule has 0 fully saturated rings. The van der Waals surface area contributed by atoms with Crippen molar-refractivity contribution in [2.75, 3.05) is 0 Å². The molecule has 116 valence electrons. The maximum absolute atomic E-state index is 11.5. The molecular weight excluding hydrogens is 298 g/mol. The number of rotatable bonds is 10. The van der Waals surface area contributed by atoms with Crippen LogP contribution in [0, 0.1) is 0 Å². The molecule has 0 radical (unpaired) electrons. The van der Waals surface area contributed by atoms with Gasteiger partial charge in [-0.3, -0.25) is 0 Å². The fourth-order valence-corrected chi connectivity index (χ4v) is 2.56. The van der Waals surface area contributed by atoms with Crippen LogP contribution in [0.15, 0.2) is 30.3 Å². The summed E-state index contributed by atoms with van der Waals surface area (Å²) in [5, 5.41) is 23.0. The molecule has 0 aliphatic heterocycles. The first-order valence-corrected chi connectivity index (χ1v) is 7.54. The average molecular weight is 320 g/mol. The van der Waals surface area contributed by atoms with Crippen LogP contribution in [0.5, 0.6) is 0 Å². The van der Waals surface area contributed by atoms with E-state index in [1.54, 1.807) is 18.2 Å². The molecule has 0 heterocycles. The topological polar surface area (TPSA) is 80.3 Å². The minimum Gasteiger partial charge on any atom is -0.549 e. The fraction of sp³-hybridized carbons (Fsp3) is 0.529. The normalized spacial score (nSPS) is 10.3. The molecule has 0 bridgehead atoms. The molecule has 0 N–H and O–H groups in total. The van der Waals surface area contributed by atoms with Gasteiger partial charge >= 0.3 is 48.4 Å². The van der Waals surface area contributed by atoms with Crippen LogP contribution in [0.4, 0.5) is 0 Å². The SMILES string of the molecule is CCCCCCCCC(C(=O)[O-])(C(=O)[O-])c1ccccc1.[Li+].[Na+]. The summed E-state index contributed by atoms with van der Waals surface area (Å²) in [7, 11) is 0. The smallest absolute Gasteiger partial charge is 0.549 e. The molecule has 1 aromatic rings. The maximum Gasteiger partial charge on any atom is 1.00 e. The molecular formula is C17H22LiNaO4. The van der Waals surface area contributed by atoms with Gasteiger partial charge < -0.3 is 19.8 Å². The minimum absolute atomic E-state index is 0. The third kappa shape index (κ3) is 7.03. The predicted molar refractivity (Wildman–Crippen MR) is 76.1 cm³/mol. The van der Waals surface area contributed by atoms with Gasteiger partial charge in [-0.2, -0.15) is 0 Å². The molecule has 0 amide bonds. The van der Waals surface area contributed by atoms with Crippen molar-refractivity contribution in [3.63, 3.8) is 0 Å². The second-order valence-electron chi connectivity index (χ2n) is 5.36. The molecule has 1 rings (SSSR count). The molecule has 23 heavy (non-hydrogen) atoms. The number of hydrogen-bond donors (Lipinski definition) is 0. The Morgan fingerprint density at radius 2 is 1.39 bits per heavy atom. The Balaban J connectivity index is 0. The van der Waals surface area contributed by atoms with E-state index in [-0.39, 0.29) is 60.4 Å². The number of benzene rings is 1.